The molecule has 1 fully saturated rings. The molecule has 1 aromatic heterocycles. The standard InChI is InChI=1S/C21H27N3OS/c1-13(2)24-11-17(12-24)21-22-10-20(26-21)16-7-8-18-15(9-16)5-4-6-19(18)23-14(3)25/h7-10,13,17,19H,4-6,11-12H2,1-3H3,(H,23,25). The van der Waals surface area contributed by atoms with Gasteiger partial charge in [-0.05, 0) is 55.9 Å². The zero-order valence-electron chi connectivity index (χ0n) is 15.8. The van der Waals surface area contributed by atoms with Gasteiger partial charge in [-0.2, -0.15) is 0 Å². The number of fused-ring (bicyclic) bond motifs is 1. The van der Waals surface area contributed by atoms with E-state index >= 15 is 0 Å². The molecule has 2 heterocycles. The minimum atomic E-state index is 0.0509. The fourth-order valence-electron chi connectivity index (χ4n) is 4.06. The van der Waals surface area contributed by atoms with Gasteiger partial charge in [-0.3, -0.25) is 9.69 Å². The number of amides is 1. The largest absolute Gasteiger partial charge is 0.350 e. The van der Waals surface area contributed by atoms with E-state index in [1.165, 1.54) is 26.6 Å². The van der Waals surface area contributed by atoms with E-state index in [4.69, 9.17) is 4.98 Å². The third kappa shape index (κ3) is 3.42. The van der Waals surface area contributed by atoms with Crippen molar-refractivity contribution in [1.29, 1.82) is 0 Å². The number of likely N-dealkylation sites (tertiary alicyclic amines) is 1. The van der Waals surface area contributed by atoms with Crippen LogP contribution in [0.25, 0.3) is 10.4 Å². The fourth-order valence-corrected chi connectivity index (χ4v) is 5.06. The normalized spacial score (nSPS) is 20.7. The van der Waals surface area contributed by atoms with Crippen LogP contribution in [0, 0.1) is 0 Å². The first kappa shape index (κ1) is 17.7. The van der Waals surface area contributed by atoms with Crippen LogP contribution >= 0.6 is 11.3 Å². The molecule has 2 aliphatic rings. The van der Waals surface area contributed by atoms with E-state index in [1.54, 1.807) is 6.92 Å². The summed E-state index contributed by atoms with van der Waals surface area (Å²) in [5.41, 5.74) is 3.92. The lowest BCUT2D eigenvalue weighted by Crippen LogP contribution is -2.48. The highest BCUT2D eigenvalue weighted by molar-refractivity contribution is 7.15. The number of aryl methyl sites for hydroxylation is 1. The van der Waals surface area contributed by atoms with Gasteiger partial charge in [-0.15, -0.1) is 11.3 Å². The number of aromatic nitrogens is 1. The van der Waals surface area contributed by atoms with Crippen molar-refractivity contribution < 1.29 is 4.79 Å². The molecule has 26 heavy (non-hydrogen) atoms. The Morgan fingerprint density at radius 3 is 2.88 bits per heavy atom. The van der Waals surface area contributed by atoms with Crippen LogP contribution in [0.4, 0.5) is 0 Å². The SMILES string of the molecule is CC(=O)NC1CCCc2cc(-c3cnc(C4CN(C(C)C)C4)s3)ccc21. The molecule has 4 nitrogen and oxygen atoms in total. The van der Waals surface area contributed by atoms with Crippen LogP contribution in [0.3, 0.4) is 0 Å². The van der Waals surface area contributed by atoms with Crippen LogP contribution in [0.5, 0.6) is 0 Å². The lowest BCUT2D eigenvalue weighted by atomic mass is 9.86. The number of hydrogen-bond acceptors (Lipinski definition) is 4. The number of carbonyl (C=O) groups is 1. The van der Waals surface area contributed by atoms with Gasteiger partial charge in [0.15, 0.2) is 0 Å². The summed E-state index contributed by atoms with van der Waals surface area (Å²) in [6.45, 7) is 8.37. The van der Waals surface area contributed by atoms with Crippen molar-refractivity contribution in [1.82, 2.24) is 15.2 Å². The molecule has 4 rings (SSSR count). The van der Waals surface area contributed by atoms with Crippen molar-refractivity contribution in [2.24, 2.45) is 0 Å². The second kappa shape index (κ2) is 7.12. The van der Waals surface area contributed by atoms with Crippen molar-refractivity contribution in [3.8, 4) is 10.4 Å². The first-order chi connectivity index (χ1) is 12.5. The molecule has 1 aliphatic heterocycles. The van der Waals surface area contributed by atoms with Crippen LogP contribution < -0.4 is 5.32 Å². The molecular weight excluding hydrogens is 342 g/mol. The minimum Gasteiger partial charge on any atom is -0.350 e. The van der Waals surface area contributed by atoms with E-state index in [2.05, 4.69) is 42.3 Å². The number of thiazole rings is 1. The van der Waals surface area contributed by atoms with Crippen molar-refractivity contribution in [3.63, 3.8) is 0 Å². The summed E-state index contributed by atoms with van der Waals surface area (Å²) in [6, 6.07) is 7.50. The second-order valence-corrected chi connectivity index (χ2v) is 8.93. The maximum absolute atomic E-state index is 11.5. The van der Waals surface area contributed by atoms with Gasteiger partial charge in [-0.1, -0.05) is 12.1 Å². The number of nitrogens with zero attached hydrogens (tertiary/aromatic N) is 2. The van der Waals surface area contributed by atoms with E-state index in [0.29, 0.717) is 12.0 Å². The zero-order valence-corrected chi connectivity index (χ0v) is 16.6. The summed E-state index contributed by atoms with van der Waals surface area (Å²) in [4.78, 5) is 19.9. The molecular formula is C21H27N3OS. The molecule has 0 radical (unpaired) electrons. The van der Waals surface area contributed by atoms with Crippen LogP contribution in [0.1, 0.15) is 61.7 Å². The summed E-state index contributed by atoms with van der Waals surface area (Å²) < 4.78 is 0. The minimum absolute atomic E-state index is 0.0509. The van der Waals surface area contributed by atoms with Gasteiger partial charge in [-0.25, -0.2) is 4.98 Å². The van der Waals surface area contributed by atoms with E-state index in [-0.39, 0.29) is 11.9 Å². The molecule has 0 bridgehead atoms. The quantitative estimate of drug-likeness (QED) is 0.881. The predicted molar refractivity (Wildman–Crippen MR) is 106 cm³/mol. The molecule has 1 unspecified atom stereocenters. The highest BCUT2D eigenvalue weighted by Gasteiger charge is 2.31. The number of nitrogens with one attached hydrogen (secondary N) is 1. The van der Waals surface area contributed by atoms with Crippen LogP contribution in [-0.4, -0.2) is 34.9 Å². The third-order valence-electron chi connectivity index (χ3n) is 5.63. The van der Waals surface area contributed by atoms with E-state index in [9.17, 15) is 4.79 Å². The molecule has 2 aromatic rings. The van der Waals surface area contributed by atoms with E-state index in [1.807, 2.05) is 17.5 Å². The van der Waals surface area contributed by atoms with Crippen LogP contribution in [0.15, 0.2) is 24.4 Å². The Balaban J connectivity index is 1.52. The summed E-state index contributed by atoms with van der Waals surface area (Å²) in [7, 11) is 0. The number of benzene rings is 1. The third-order valence-corrected chi connectivity index (χ3v) is 6.84. The molecule has 0 spiro atoms. The average Bonchev–Trinajstić information content (AvgIpc) is 3.02. The Morgan fingerprint density at radius 2 is 2.15 bits per heavy atom. The van der Waals surface area contributed by atoms with Crippen molar-refractivity contribution in [3.05, 3.63) is 40.5 Å². The Bertz CT molecular complexity index is 807. The summed E-state index contributed by atoms with van der Waals surface area (Å²) >= 11 is 1.84. The summed E-state index contributed by atoms with van der Waals surface area (Å²) in [5.74, 6) is 0.646. The Morgan fingerprint density at radius 1 is 1.35 bits per heavy atom. The first-order valence-electron chi connectivity index (χ1n) is 9.61. The smallest absolute Gasteiger partial charge is 0.217 e. The molecule has 1 atom stereocenters. The van der Waals surface area contributed by atoms with Crippen molar-refractivity contribution in [2.45, 2.75) is 58.0 Å². The Kier molecular flexibility index (Phi) is 4.84. The average molecular weight is 370 g/mol. The highest BCUT2D eigenvalue weighted by Crippen LogP contribution is 2.37. The van der Waals surface area contributed by atoms with Crippen LogP contribution in [0.2, 0.25) is 0 Å². The van der Waals surface area contributed by atoms with Gasteiger partial charge in [0.1, 0.15) is 0 Å². The molecule has 138 valence electrons. The first-order valence-corrected chi connectivity index (χ1v) is 10.4. The molecule has 5 heteroatoms. The van der Waals surface area contributed by atoms with E-state index < -0.39 is 0 Å². The number of hydrogen-bond donors (Lipinski definition) is 1. The van der Waals surface area contributed by atoms with E-state index in [0.717, 1.165) is 32.4 Å². The van der Waals surface area contributed by atoms with Crippen LogP contribution in [-0.2, 0) is 11.2 Å². The van der Waals surface area contributed by atoms with Gasteiger partial charge in [0, 0.05) is 38.2 Å². The predicted octanol–water partition coefficient (Wildman–Crippen LogP) is 4.13. The summed E-state index contributed by atoms with van der Waals surface area (Å²) in [5, 5.41) is 4.36. The topological polar surface area (TPSA) is 45.2 Å². The highest BCUT2D eigenvalue weighted by atomic mass is 32.1. The van der Waals surface area contributed by atoms with Gasteiger partial charge in [0.05, 0.1) is 15.9 Å². The van der Waals surface area contributed by atoms with Gasteiger partial charge >= 0.3 is 0 Å². The van der Waals surface area contributed by atoms with Gasteiger partial charge < -0.3 is 5.32 Å². The Labute approximate surface area is 159 Å². The zero-order chi connectivity index (χ0) is 18.3. The lowest BCUT2D eigenvalue weighted by Gasteiger charge is -2.41. The molecule has 1 aliphatic carbocycles. The maximum Gasteiger partial charge on any atom is 0.217 e. The molecule has 1 aromatic carbocycles. The monoisotopic (exact) mass is 369 g/mol. The molecule has 0 saturated carbocycles. The molecule has 1 amide bonds. The summed E-state index contributed by atoms with van der Waals surface area (Å²) in [6.07, 6.45) is 5.29. The fraction of sp³-hybridized carbons (Fsp3) is 0.524. The number of carbonyl (C=O) groups excluding carboxylic acids is 1. The lowest BCUT2D eigenvalue weighted by molar-refractivity contribution is -0.119. The number of rotatable bonds is 4. The van der Waals surface area contributed by atoms with Crippen molar-refractivity contribution in [2.75, 3.05) is 13.1 Å². The molecule has 1 N–H and O–H groups in total. The maximum atomic E-state index is 11.5. The second-order valence-electron chi connectivity index (χ2n) is 7.87. The van der Waals surface area contributed by atoms with Crippen molar-refractivity contribution >= 4 is 17.2 Å². The molecule has 1 saturated heterocycles. The van der Waals surface area contributed by atoms with Gasteiger partial charge in [0.2, 0.25) is 5.91 Å². The Hall–Kier alpha value is -1.72. The van der Waals surface area contributed by atoms with Gasteiger partial charge in [0.25, 0.3) is 0 Å².